The molecule has 1 N–H and O–H groups in total. The van der Waals surface area contributed by atoms with Crippen molar-refractivity contribution in [3.05, 3.63) is 72.2 Å². The lowest BCUT2D eigenvalue weighted by Gasteiger charge is -2.36. The predicted molar refractivity (Wildman–Crippen MR) is 136 cm³/mol. The van der Waals surface area contributed by atoms with E-state index in [2.05, 4.69) is 67.1 Å². The van der Waals surface area contributed by atoms with E-state index in [1.165, 1.54) is 5.56 Å². The molecule has 0 spiro atoms. The van der Waals surface area contributed by atoms with Gasteiger partial charge in [0, 0.05) is 52.2 Å². The maximum Gasteiger partial charge on any atom is 0.194 e. The number of aryl methyl sites for hydroxylation is 1. The van der Waals surface area contributed by atoms with Gasteiger partial charge in [0.2, 0.25) is 0 Å². The van der Waals surface area contributed by atoms with Gasteiger partial charge < -0.3 is 19.2 Å². The van der Waals surface area contributed by atoms with E-state index in [0.717, 1.165) is 69.8 Å². The Morgan fingerprint density at radius 2 is 1.91 bits per heavy atom. The maximum absolute atomic E-state index is 5.47. The lowest BCUT2D eigenvalue weighted by molar-refractivity contribution is 0.172. The summed E-state index contributed by atoms with van der Waals surface area (Å²) in [5.74, 6) is 2.81. The molecule has 3 aromatic rings. The van der Waals surface area contributed by atoms with E-state index in [9.17, 15) is 0 Å². The molecule has 172 valence electrons. The van der Waals surface area contributed by atoms with Crippen molar-refractivity contribution in [1.29, 1.82) is 0 Å². The number of guanidine groups is 1. The second-order valence-corrected chi connectivity index (χ2v) is 7.69. The van der Waals surface area contributed by atoms with E-state index in [1.54, 1.807) is 12.6 Å². The van der Waals surface area contributed by atoms with Crippen molar-refractivity contribution >= 4 is 29.9 Å². The summed E-state index contributed by atoms with van der Waals surface area (Å²) in [5.41, 5.74) is 1.36. The molecule has 32 heavy (non-hydrogen) atoms. The molecule has 1 saturated heterocycles. The van der Waals surface area contributed by atoms with Gasteiger partial charge in [-0.2, -0.15) is 0 Å². The van der Waals surface area contributed by atoms with Gasteiger partial charge in [0.1, 0.15) is 24.5 Å². The zero-order valence-corrected chi connectivity index (χ0v) is 20.9. The molecule has 1 aromatic carbocycles. The number of nitrogens with one attached hydrogen (secondary N) is 1. The average molecular weight is 549 g/mol. The first-order valence-electron chi connectivity index (χ1n) is 11.0. The molecule has 0 bridgehead atoms. The van der Waals surface area contributed by atoms with Crippen molar-refractivity contribution in [1.82, 2.24) is 29.9 Å². The lowest BCUT2D eigenvalue weighted by atomic mass is 10.2. The number of rotatable bonds is 8. The molecule has 1 fully saturated rings. The summed E-state index contributed by atoms with van der Waals surface area (Å²) in [6.07, 6.45) is 4.37. The smallest absolute Gasteiger partial charge is 0.194 e. The summed E-state index contributed by atoms with van der Waals surface area (Å²) in [6, 6.07) is 14.5. The summed E-state index contributed by atoms with van der Waals surface area (Å²) < 4.78 is 7.56. The molecule has 3 heterocycles. The Morgan fingerprint density at radius 1 is 1.09 bits per heavy atom. The molecule has 0 atom stereocenters. The average Bonchev–Trinajstić information content (AvgIpc) is 3.49. The van der Waals surface area contributed by atoms with Gasteiger partial charge in [-0.25, -0.2) is 4.99 Å². The normalized spacial score (nSPS) is 14.9. The fraction of sp³-hybridized carbons (Fsp3) is 0.435. The van der Waals surface area contributed by atoms with Crippen LogP contribution in [0.3, 0.4) is 0 Å². The number of aliphatic imine (C=N–C) groups is 1. The molecule has 1 aliphatic heterocycles. The molecule has 0 unspecified atom stereocenters. The topological polar surface area (TPSA) is 74.7 Å². The van der Waals surface area contributed by atoms with E-state index < -0.39 is 0 Å². The molecule has 2 aromatic heterocycles. The van der Waals surface area contributed by atoms with Crippen LogP contribution in [0.15, 0.2) is 64.5 Å². The SMILES string of the molecule is CCc1nncn1CCNC(=NCc1ccco1)N1CCN(Cc2ccccc2)CC1.I. The van der Waals surface area contributed by atoms with Crippen molar-refractivity contribution in [3.63, 3.8) is 0 Å². The van der Waals surface area contributed by atoms with Crippen molar-refractivity contribution in [3.8, 4) is 0 Å². The van der Waals surface area contributed by atoms with Crippen molar-refractivity contribution in [2.45, 2.75) is 33.0 Å². The van der Waals surface area contributed by atoms with Crippen LogP contribution in [0.25, 0.3) is 0 Å². The number of aromatic nitrogens is 3. The molecule has 0 amide bonds. The molecule has 0 radical (unpaired) electrons. The van der Waals surface area contributed by atoms with Crippen LogP contribution in [0, 0.1) is 0 Å². The Morgan fingerprint density at radius 3 is 2.62 bits per heavy atom. The molecular weight excluding hydrogens is 517 g/mol. The van der Waals surface area contributed by atoms with E-state index in [0.29, 0.717) is 6.54 Å². The van der Waals surface area contributed by atoms with Crippen molar-refractivity contribution < 1.29 is 4.42 Å². The van der Waals surface area contributed by atoms with Crippen LogP contribution in [0.5, 0.6) is 0 Å². The molecule has 1 aliphatic rings. The zero-order valence-electron chi connectivity index (χ0n) is 18.6. The highest BCUT2D eigenvalue weighted by atomic mass is 127. The zero-order chi connectivity index (χ0) is 21.3. The highest BCUT2D eigenvalue weighted by Crippen LogP contribution is 2.10. The summed E-state index contributed by atoms with van der Waals surface area (Å²) in [6.45, 7) is 9.13. The van der Waals surface area contributed by atoms with E-state index in [4.69, 9.17) is 9.41 Å². The molecule has 9 heteroatoms. The van der Waals surface area contributed by atoms with Gasteiger partial charge in [-0.1, -0.05) is 37.3 Å². The molecule has 0 saturated carbocycles. The van der Waals surface area contributed by atoms with Gasteiger partial charge in [-0.15, -0.1) is 34.2 Å². The Kier molecular flexibility index (Phi) is 9.54. The number of halogens is 1. The first-order chi connectivity index (χ1) is 15.3. The van der Waals surface area contributed by atoms with Gasteiger partial charge in [0.25, 0.3) is 0 Å². The maximum atomic E-state index is 5.47. The van der Waals surface area contributed by atoms with Gasteiger partial charge in [0.05, 0.1) is 6.26 Å². The first-order valence-corrected chi connectivity index (χ1v) is 11.0. The first kappa shape index (κ1) is 24.2. The highest BCUT2D eigenvalue weighted by molar-refractivity contribution is 14.0. The van der Waals surface area contributed by atoms with Crippen LogP contribution in [0.4, 0.5) is 0 Å². The van der Waals surface area contributed by atoms with E-state index in [-0.39, 0.29) is 24.0 Å². The number of furan rings is 1. The summed E-state index contributed by atoms with van der Waals surface area (Å²) in [7, 11) is 0. The van der Waals surface area contributed by atoms with Gasteiger partial charge >= 0.3 is 0 Å². The van der Waals surface area contributed by atoms with Crippen LogP contribution in [-0.2, 0) is 26.1 Å². The number of nitrogens with zero attached hydrogens (tertiary/aromatic N) is 6. The van der Waals surface area contributed by atoms with Crippen molar-refractivity contribution in [2.24, 2.45) is 4.99 Å². The Balaban J connectivity index is 0.00000289. The number of hydrogen-bond donors (Lipinski definition) is 1. The minimum absolute atomic E-state index is 0. The van der Waals surface area contributed by atoms with Crippen LogP contribution >= 0.6 is 24.0 Å². The predicted octanol–water partition coefficient (Wildman–Crippen LogP) is 3.02. The van der Waals surface area contributed by atoms with E-state index >= 15 is 0 Å². The third kappa shape index (κ3) is 6.80. The third-order valence-electron chi connectivity index (χ3n) is 5.53. The fourth-order valence-corrected chi connectivity index (χ4v) is 3.81. The second-order valence-electron chi connectivity index (χ2n) is 7.69. The molecule has 0 aliphatic carbocycles. The minimum Gasteiger partial charge on any atom is -0.467 e. The second kappa shape index (κ2) is 12.6. The minimum atomic E-state index is 0. The van der Waals surface area contributed by atoms with Gasteiger partial charge in [-0.05, 0) is 17.7 Å². The lowest BCUT2D eigenvalue weighted by Crippen LogP contribution is -2.52. The number of benzene rings is 1. The monoisotopic (exact) mass is 549 g/mol. The van der Waals surface area contributed by atoms with Crippen LogP contribution in [-0.4, -0.2) is 63.2 Å². The fourth-order valence-electron chi connectivity index (χ4n) is 3.81. The van der Waals surface area contributed by atoms with Gasteiger partial charge in [0.15, 0.2) is 5.96 Å². The molecular formula is C23H32IN7O. The van der Waals surface area contributed by atoms with Crippen molar-refractivity contribution in [2.75, 3.05) is 32.7 Å². The third-order valence-corrected chi connectivity index (χ3v) is 5.53. The van der Waals surface area contributed by atoms with Crippen LogP contribution < -0.4 is 5.32 Å². The number of piperazine rings is 1. The summed E-state index contributed by atoms with van der Waals surface area (Å²) in [4.78, 5) is 9.68. The van der Waals surface area contributed by atoms with Crippen LogP contribution in [0.2, 0.25) is 0 Å². The standard InChI is InChI=1S/C23H31N7O.HI/c1-2-22-27-26-19-30(22)11-10-24-23(25-17-21-9-6-16-31-21)29-14-12-28(13-15-29)18-20-7-4-3-5-8-20;/h3-9,16,19H,2,10-15,17-18H2,1H3,(H,24,25);1H. The Bertz CT molecular complexity index is 934. The Labute approximate surface area is 206 Å². The molecule has 4 rings (SSSR count). The molecule has 8 nitrogen and oxygen atoms in total. The highest BCUT2D eigenvalue weighted by Gasteiger charge is 2.20. The van der Waals surface area contributed by atoms with Crippen LogP contribution in [0.1, 0.15) is 24.1 Å². The summed E-state index contributed by atoms with van der Waals surface area (Å²) >= 11 is 0. The quantitative estimate of drug-likeness (QED) is 0.265. The van der Waals surface area contributed by atoms with Gasteiger partial charge in [-0.3, -0.25) is 4.90 Å². The largest absolute Gasteiger partial charge is 0.467 e. The number of hydrogen-bond acceptors (Lipinski definition) is 5. The van der Waals surface area contributed by atoms with E-state index in [1.807, 2.05) is 12.1 Å². The Hall–Kier alpha value is -2.40. The summed E-state index contributed by atoms with van der Waals surface area (Å²) in [5, 5.41) is 11.7.